The van der Waals surface area contributed by atoms with Crippen molar-refractivity contribution in [2.24, 2.45) is 0 Å². The molecule has 0 aliphatic heterocycles. The molecule has 0 fully saturated rings. The maximum atomic E-state index is 13.2. The van der Waals surface area contributed by atoms with Crippen molar-refractivity contribution >= 4 is 64.5 Å². The number of anilines is 2. The van der Waals surface area contributed by atoms with E-state index in [-0.39, 0.29) is 15.6 Å². The van der Waals surface area contributed by atoms with Crippen LogP contribution in [0.25, 0.3) is 15.9 Å². The SMILES string of the molecule is COc1ccc(Nc2nc3c(S(=O)(=O)c4ccc(Br)cc4)nnn3c3ccsc23)cc1. The lowest BCUT2D eigenvalue weighted by Crippen LogP contribution is -2.05. The molecule has 5 aromatic rings. The van der Waals surface area contributed by atoms with Gasteiger partial charge in [0.15, 0.2) is 11.5 Å². The molecule has 0 unspecified atom stereocenters. The van der Waals surface area contributed by atoms with Crippen LogP contribution in [0.15, 0.2) is 74.4 Å². The Kier molecular flexibility index (Phi) is 4.88. The fourth-order valence-electron chi connectivity index (χ4n) is 3.12. The molecular formula is C20H14BrN5O3S2. The molecule has 11 heteroatoms. The van der Waals surface area contributed by atoms with Gasteiger partial charge in [-0.05, 0) is 60.0 Å². The quantitative estimate of drug-likeness (QED) is 0.362. The van der Waals surface area contributed by atoms with Crippen molar-refractivity contribution in [3.05, 3.63) is 64.5 Å². The van der Waals surface area contributed by atoms with Gasteiger partial charge in [0.1, 0.15) is 5.75 Å². The van der Waals surface area contributed by atoms with Gasteiger partial charge in [0.2, 0.25) is 14.9 Å². The van der Waals surface area contributed by atoms with Gasteiger partial charge in [-0.15, -0.1) is 16.4 Å². The summed E-state index contributed by atoms with van der Waals surface area (Å²) in [6.07, 6.45) is 0. The van der Waals surface area contributed by atoms with Gasteiger partial charge >= 0.3 is 0 Å². The molecule has 156 valence electrons. The van der Waals surface area contributed by atoms with Crippen molar-refractivity contribution in [1.82, 2.24) is 19.8 Å². The summed E-state index contributed by atoms with van der Waals surface area (Å²) in [7, 11) is -2.30. The molecule has 5 rings (SSSR count). The van der Waals surface area contributed by atoms with Crippen molar-refractivity contribution in [3.63, 3.8) is 0 Å². The number of thiophene rings is 1. The van der Waals surface area contributed by atoms with Gasteiger partial charge in [-0.2, -0.15) is 4.52 Å². The van der Waals surface area contributed by atoms with Gasteiger partial charge in [0.05, 0.1) is 22.2 Å². The third kappa shape index (κ3) is 3.44. The Morgan fingerprint density at radius 1 is 1.06 bits per heavy atom. The summed E-state index contributed by atoms with van der Waals surface area (Å²) in [6, 6.07) is 15.6. The molecule has 0 atom stereocenters. The van der Waals surface area contributed by atoms with Crippen LogP contribution >= 0.6 is 27.3 Å². The van der Waals surface area contributed by atoms with E-state index >= 15 is 0 Å². The van der Waals surface area contributed by atoms with Crippen molar-refractivity contribution in [2.75, 3.05) is 12.4 Å². The molecule has 0 aliphatic rings. The number of hydrogen-bond acceptors (Lipinski definition) is 8. The van der Waals surface area contributed by atoms with E-state index in [0.29, 0.717) is 5.82 Å². The normalized spacial score (nSPS) is 11.8. The molecule has 0 aliphatic carbocycles. The van der Waals surface area contributed by atoms with E-state index in [9.17, 15) is 8.42 Å². The summed E-state index contributed by atoms with van der Waals surface area (Å²) in [4.78, 5) is 4.72. The molecule has 3 aromatic heterocycles. The van der Waals surface area contributed by atoms with Gasteiger partial charge in [0.25, 0.3) is 0 Å². The first-order chi connectivity index (χ1) is 15.0. The van der Waals surface area contributed by atoms with Crippen LogP contribution in [0.1, 0.15) is 0 Å². The van der Waals surface area contributed by atoms with Crippen LogP contribution in [0, 0.1) is 0 Å². The minimum absolute atomic E-state index is 0.120. The van der Waals surface area contributed by atoms with Crippen LogP contribution < -0.4 is 10.1 Å². The maximum absolute atomic E-state index is 13.2. The summed E-state index contributed by atoms with van der Waals surface area (Å²) >= 11 is 4.80. The molecule has 3 heterocycles. The van der Waals surface area contributed by atoms with Gasteiger partial charge in [-0.25, -0.2) is 13.4 Å². The minimum atomic E-state index is -3.91. The maximum Gasteiger partial charge on any atom is 0.229 e. The first-order valence-corrected chi connectivity index (χ1v) is 12.2. The van der Waals surface area contributed by atoms with E-state index in [1.807, 2.05) is 35.7 Å². The molecule has 0 amide bonds. The standard InChI is InChI=1S/C20H14BrN5O3S2/c1-29-14-6-4-13(5-7-14)22-18-17-16(10-11-30-17)26-19(23-18)20(24-25-26)31(27,28)15-8-2-12(21)3-9-15/h2-11H,1H3,(H,22,23). The van der Waals surface area contributed by atoms with Gasteiger partial charge in [-0.1, -0.05) is 21.1 Å². The summed E-state index contributed by atoms with van der Waals surface area (Å²) in [5.74, 6) is 1.26. The molecule has 0 saturated heterocycles. The van der Waals surface area contributed by atoms with E-state index in [0.717, 1.165) is 26.1 Å². The highest BCUT2D eigenvalue weighted by atomic mass is 79.9. The Morgan fingerprint density at radius 3 is 2.52 bits per heavy atom. The lowest BCUT2D eigenvalue weighted by Gasteiger charge is -2.09. The number of sulfone groups is 1. The Labute approximate surface area is 189 Å². The zero-order valence-electron chi connectivity index (χ0n) is 16.0. The average molecular weight is 516 g/mol. The zero-order chi connectivity index (χ0) is 21.6. The third-order valence-corrected chi connectivity index (χ3v) is 7.76. The second kappa shape index (κ2) is 7.59. The minimum Gasteiger partial charge on any atom is -0.497 e. The van der Waals surface area contributed by atoms with Crippen LogP contribution in [-0.4, -0.2) is 35.3 Å². The van der Waals surface area contributed by atoms with E-state index in [2.05, 4.69) is 36.5 Å². The summed E-state index contributed by atoms with van der Waals surface area (Å²) < 4.78 is 34.7. The van der Waals surface area contributed by atoms with E-state index < -0.39 is 9.84 Å². The van der Waals surface area contributed by atoms with Gasteiger partial charge in [-0.3, -0.25) is 0 Å². The van der Waals surface area contributed by atoms with E-state index in [4.69, 9.17) is 4.74 Å². The molecule has 1 N–H and O–H groups in total. The molecular weight excluding hydrogens is 502 g/mol. The molecule has 8 nitrogen and oxygen atoms in total. The van der Waals surface area contributed by atoms with Gasteiger partial charge < -0.3 is 10.1 Å². The number of methoxy groups -OCH3 is 1. The third-order valence-electron chi connectivity index (χ3n) is 4.65. The van der Waals surface area contributed by atoms with Crippen molar-refractivity contribution in [1.29, 1.82) is 0 Å². The second-order valence-electron chi connectivity index (χ2n) is 6.54. The summed E-state index contributed by atoms with van der Waals surface area (Å²) in [5, 5.41) is 13.0. The van der Waals surface area contributed by atoms with Crippen LogP contribution in [-0.2, 0) is 9.84 Å². The first-order valence-electron chi connectivity index (χ1n) is 9.02. The number of aromatic nitrogens is 4. The number of halogens is 1. The Bertz CT molecular complexity index is 1510. The van der Waals surface area contributed by atoms with Crippen LogP contribution in [0.5, 0.6) is 5.75 Å². The second-order valence-corrected chi connectivity index (χ2v) is 10.2. The smallest absolute Gasteiger partial charge is 0.229 e. The number of nitrogens with one attached hydrogen (secondary N) is 1. The van der Waals surface area contributed by atoms with E-state index in [1.165, 1.54) is 28.0 Å². The number of ether oxygens (including phenoxy) is 1. The highest BCUT2D eigenvalue weighted by Gasteiger charge is 2.27. The number of benzene rings is 2. The largest absolute Gasteiger partial charge is 0.497 e. The van der Waals surface area contributed by atoms with Crippen molar-refractivity contribution in [3.8, 4) is 5.75 Å². The molecule has 0 radical (unpaired) electrons. The van der Waals surface area contributed by atoms with Crippen LogP contribution in [0.3, 0.4) is 0 Å². The van der Waals surface area contributed by atoms with Crippen LogP contribution in [0.4, 0.5) is 11.5 Å². The summed E-state index contributed by atoms with van der Waals surface area (Å²) in [6.45, 7) is 0. The topological polar surface area (TPSA) is 98.5 Å². The molecule has 0 spiro atoms. The average Bonchev–Trinajstić information content (AvgIpc) is 3.42. The lowest BCUT2D eigenvalue weighted by molar-refractivity contribution is 0.415. The Balaban J connectivity index is 1.67. The fraction of sp³-hybridized carbons (Fsp3) is 0.0500. The number of rotatable bonds is 5. The fourth-order valence-corrected chi connectivity index (χ4v) is 5.43. The number of fused-ring (bicyclic) bond motifs is 3. The summed E-state index contributed by atoms with van der Waals surface area (Å²) in [5.41, 5.74) is 1.66. The van der Waals surface area contributed by atoms with E-state index in [1.54, 1.807) is 19.2 Å². The zero-order valence-corrected chi connectivity index (χ0v) is 19.2. The van der Waals surface area contributed by atoms with Crippen molar-refractivity contribution < 1.29 is 13.2 Å². The van der Waals surface area contributed by atoms with Crippen molar-refractivity contribution in [2.45, 2.75) is 9.92 Å². The molecule has 31 heavy (non-hydrogen) atoms. The molecule has 0 saturated carbocycles. The van der Waals surface area contributed by atoms with Crippen LogP contribution in [0.2, 0.25) is 0 Å². The highest BCUT2D eigenvalue weighted by Crippen LogP contribution is 2.33. The first kappa shape index (κ1) is 19.9. The molecule has 0 bridgehead atoms. The highest BCUT2D eigenvalue weighted by molar-refractivity contribution is 9.10. The lowest BCUT2D eigenvalue weighted by atomic mass is 10.3. The Morgan fingerprint density at radius 2 is 1.81 bits per heavy atom. The monoisotopic (exact) mass is 515 g/mol. The predicted octanol–water partition coefficient (Wildman–Crippen LogP) is 4.69. The number of hydrogen-bond donors (Lipinski definition) is 1. The predicted molar refractivity (Wildman–Crippen MR) is 122 cm³/mol. The molecule has 2 aromatic carbocycles. The Hall–Kier alpha value is -3.02. The number of nitrogens with zero attached hydrogens (tertiary/aromatic N) is 4. The van der Waals surface area contributed by atoms with Gasteiger partial charge in [0, 0.05) is 10.2 Å².